The number of aryl methyl sites for hydroxylation is 1. The molecule has 0 unspecified atom stereocenters. The fourth-order valence-electron chi connectivity index (χ4n) is 3.55. The number of aliphatic imine (C=N–C) groups is 2. The first-order valence-electron chi connectivity index (χ1n) is 7.78. The Balaban J connectivity index is 2.16. The molecular weight excluding hydrogens is 423 g/mol. The number of anilines is 1. The number of nitro benzene ring substituents is 1. The number of hydrogen-bond acceptors (Lipinski definition) is 7. The zero-order valence-corrected chi connectivity index (χ0v) is 15.5. The van der Waals surface area contributed by atoms with E-state index in [0.717, 1.165) is 46.9 Å². The van der Waals surface area contributed by atoms with Crippen LogP contribution in [0.4, 0.5) is 11.4 Å². The van der Waals surface area contributed by atoms with Gasteiger partial charge in [0, 0.05) is 15.7 Å². The Morgan fingerprint density at radius 1 is 1.29 bits per heavy atom. The van der Waals surface area contributed by atoms with Crippen LogP contribution in [-0.2, 0) is 0 Å². The van der Waals surface area contributed by atoms with Gasteiger partial charge in [-0.2, -0.15) is 4.99 Å². The van der Waals surface area contributed by atoms with E-state index in [1.165, 1.54) is 0 Å². The average molecular weight is 442 g/mol. The molecule has 3 rings (SSSR count). The largest absolute Gasteiger partial charge is 0.369 e. The minimum Gasteiger partial charge on any atom is -0.369 e. The first-order valence-corrected chi connectivity index (χ1v) is 8.86. The first kappa shape index (κ1) is 16.9. The van der Waals surface area contributed by atoms with Crippen LogP contribution in [0, 0.1) is 20.6 Å². The van der Waals surface area contributed by atoms with E-state index in [9.17, 15) is 10.1 Å². The normalized spacial score (nSPS) is 19.8. The van der Waals surface area contributed by atoms with E-state index in [-0.39, 0.29) is 16.6 Å². The predicted molar refractivity (Wildman–Crippen MR) is 102 cm³/mol. The van der Waals surface area contributed by atoms with Crippen molar-refractivity contribution in [1.29, 1.82) is 0 Å². The van der Waals surface area contributed by atoms with E-state index >= 15 is 0 Å². The second-order valence-corrected chi connectivity index (χ2v) is 7.33. The fourth-order valence-corrected chi connectivity index (χ4v) is 4.54. The molecule has 4 N–H and O–H groups in total. The van der Waals surface area contributed by atoms with Crippen LogP contribution in [0.25, 0.3) is 0 Å². The maximum Gasteiger partial charge on any atom is 0.270 e. The van der Waals surface area contributed by atoms with Gasteiger partial charge in [0.05, 0.1) is 10.6 Å². The highest BCUT2D eigenvalue weighted by molar-refractivity contribution is 14.1. The highest BCUT2D eigenvalue weighted by atomic mass is 127. The number of nitro groups is 1. The third-order valence-electron chi connectivity index (χ3n) is 4.52. The standard InChI is InChI=1S/C15H19IN6O2/c1-9-7-10(22(23)24)8-11(16)12(9)21-14(18)19-13(17)20-15(21)5-3-2-4-6-15/h7-8H,2-6H2,1H3,(H4,17,18,19,20). The van der Waals surface area contributed by atoms with Crippen LogP contribution < -0.4 is 16.4 Å². The maximum atomic E-state index is 11.1. The quantitative estimate of drug-likeness (QED) is 0.414. The number of benzene rings is 1. The molecule has 1 saturated carbocycles. The van der Waals surface area contributed by atoms with Crippen LogP contribution in [0.15, 0.2) is 22.1 Å². The molecule has 1 heterocycles. The third-order valence-corrected chi connectivity index (χ3v) is 5.35. The molecule has 2 aliphatic rings. The number of nitrogens with two attached hydrogens (primary N) is 2. The van der Waals surface area contributed by atoms with Crippen LogP contribution in [0.2, 0.25) is 0 Å². The Bertz CT molecular complexity index is 731. The molecule has 1 spiro atoms. The summed E-state index contributed by atoms with van der Waals surface area (Å²) in [5.74, 6) is 0.486. The molecule has 0 atom stereocenters. The zero-order chi connectivity index (χ0) is 17.5. The second kappa shape index (κ2) is 6.19. The van der Waals surface area contributed by atoms with Gasteiger partial charge in [0.25, 0.3) is 5.69 Å². The highest BCUT2D eigenvalue weighted by Gasteiger charge is 2.43. The SMILES string of the molecule is Cc1cc([N+](=O)[O-])cc(I)c1N1C(N)=NC(N)=NC12CCCCC2. The van der Waals surface area contributed by atoms with Crippen LogP contribution in [0.3, 0.4) is 0 Å². The molecule has 0 radical (unpaired) electrons. The maximum absolute atomic E-state index is 11.1. The molecule has 0 bridgehead atoms. The summed E-state index contributed by atoms with van der Waals surface area (Å²) in [6.45, 7) is 1.84. The molecule has 128 valence electrons. The minimum atomic E-state index is -0.547. The summed E-state index contributed by atoms with van der Waals surface area (Å²) in [6.07, 6.45) is 4.87. The minimum absolute atomic E-state index is 0.0638. The Morgan fingerprint density at radius 2 is 1.96 bits per heavy atom. The molecule has 0 amide bonds. The summed E-state index contributed by atoms with van der Waals surface area (Å²) in [5, 5.41) is 11.1. The lowest BCUT2D eigenvalue weighted by Gasteiger charge is -2.46. The van der Waals surface area contributed by atoms with Crippen molar-refractivity contribution >= 4 is 45.9 Å². The molecular formula is C15H19IN6O2. The van der Waals surface area contributed by atoms with Gasteiger partial charge in [-0.3, -0.25) is 15.0 Å². The Morgan fingerprint density at radius 3 is 2.54 bits per heavy atom. The van der Waals surface area contributed by atoms with Gasteiger partial charge in [-0.1, -0.05) is 6.42 Å². The summed E-state index contributed by atoms with van der Waals surface area (Å²) in [7, 11) is 0. The lowest BCUT2D eigenvalue weighted by atomic mass is 9.87. The number of non-ortho nitro benzene ring substituents is 1. The van der Waals surface area contributed by atoms with E-state index in [1.54, 1.807) is 12.1 Å². The van der Waals surface area contributed by atoms with E-state index in [2.05, 4.69) is 32.6 Å². The second-order valence-electron chi connectivity index (χ2n) is 6.17. The summed E-state index contributed by atoms with van der Waals surface area (Å²) in [4.78, 5) is 21.4. The van der Waals surface area contributed by atoms with Crippen LogP contribution in [0.5, 0.6) is 0 Å². The number of halogens is 1. The molecule has 24 heavy (non-hydrogen) atoms. The Labute approximate surface area is 153 Å². The van der Waals surface area contributed by atoms with Crippen molar-refractivity contribution in [2.75, 3.05) is 4.90 Å². The zero-order valence-electron chi connectivity index (χ0n) is 13.3. The van der Waals surface area contributed by atoms with Gasteiger partial charge >= 0.3 is 0 Å². The van der Waals surface area contributed by atoms with Gasteiger partial charge in [0.15, 0.2) is 0 Å². The van der Waals surface area contributed by atoms with Crippen molar-refractivity contribution < 1.29 is 4.92 Å². The molecule has 0 aromatic heterocycles. The third kappa shape index (κ3) is 2.80. The molecule has 1 aromatic rings. The molecule has 9 heteroatoms. The van der Waals surface area contributed by atoms with Gasteiger partial charge in [-0.15, -0.1) is 0 Å². The number of guanidine groups is 2. The van der Waals surface area contributed by atoms with Gasteiger partial charge in [-0.05, 0) is 60.8 Å². The summed E-state index contributed by atoms with van der Waals surface area (Å²) in [6, 6.07) is 3.11. The topological polar surface area (TPSA) is 123 Å². The Kier molecular flexibility index (Phi) is 4.37. The molecule has 1 aromatic carbocycles. The van der Waals surface area contributed by atoms with E-state index in [0.29, 0.717) is 5.96 Å². The van der Waals surface area contributed by atoms with Gasteiger partial charge < -0.3 is 11.5 Å². The van der Waals surface area contributed by atoms with Crippen LogP contribution in [-0.4, -0.2) is 22.5 Å². The lowest BCUT2D eigenvalue weighted by Crippen LogP contribution is -2.58. The van der Waals surface area contributed by atoms with Crippen LogP contribution >= 0.6 is 22.6 Å². The average Bonchev–Trinajstić information content (AvgIpc) is 2.49. The molecule has 1 aliphatic carbocycles. The van der Waals surface area contributed by atoms with Gasteiger partial charge in [0.2, 0.25) is 11.9 Å². The molecule has 0 saturated heterocycles. The first-order chi connectivity index (χ1) is 11.3. The van der Waals surface area contributed by atoms with Crippen molar-refractivity contribution in [3.63, 3.8) is 0 Å². The van der Waals surface area contributed by atoms with E-state index in [4.69, 9.17) is 11.5 Å². The van der Waals surface area contributed by atoms with Crippen molar-refractivity contribution in [2.45, 2.75) is 44.7 Å². The van der Waals surface area contributed by atoms with Crippen LogP contribution in [0.1, 0.15) is 37.7 Å². The Hall–Kier alpha value is -1.91. The molecule has 1 fully saturated rings. The smallest absolute Gasteiger partial charge is 0.270 e. The van der Waals surface area contributed by atoms with E-state index < -0.39 is 5.66 Å². The monoisotopic (exact) mass is 442 g/mol. The summed E-state index contributed by atoms with van der Waals surface area (Å²) in [5.41, 5.74) is 13.2. The molecule has 8 nitrogen and oxygen atoms in total. The number of hydrogen-bond donors (Lipinski definition) is 2. The summed E-state index contributed by atoms with van der Waals surface area (Å²) >= 11 is 2.11. The van der Waals surface area contributed by atoms with Gasteiger partial charge in [0.1, 0.15) is 5.66 Å². The predicted octanol–water partition coefficient (Wildman–Crippen LogP) is 2.62. The highest BCUT2D eigenvalue weighted by Crippen LogP contribution is 2.42. The van der Waals surface area contributed by atoms with Crippen molar-refractivity contribution in [3.05, 3.63) is 31.4 Å². The number of rotatable bonds is 2. The van der Waals surface area contributed by atoms with Gasteiger partial charge in [-0.25, -0.2) is 4.99 Å². The number of nitrogens with zero attached hydrogens (tertiary/aromatic N) is 4. The van der Waals surface area contributed by atoms with Crippen molar-refractivity contribution in [2.24, 2.45) is 21.5 Å². The molecule has 1 aliphatic heterocycles. The fraction of sp³-hybridized carbons (Fsp3) is 0.467. The lowest BCUT2D eigenvalue weighted by molar-refractivity contribution is -0.385. The van der Waals surface area contributed by atoms with E-state index in [1.807, 2.05) is 11.8 Å². The summed E-state index contributed by atoms with van der Waals surface area (Å²) < 4.78 is 0.748. The van der Waals surface area contributed by atoms with Crippen molar-refractivity contribution in [3.8, 4) is 0 Å². The van der Waals surface area contributed by atoms with Crippen molar-refractivity contribution in [1.82, 2.24) is 0 Å².